The third-order valence-corrected chi connectivity index (χ3v) is 1.12. The third kappa shape index (κ3) is 5.72. The molecule has 0 bridgehead atoms. The number of hydrogen-bond acceptors (Lipinski definition) is 3. The van der Waals surface area contributed by atoms with Crippen LogP contribution in [0.3, 0.4) is 0 Å². The van der Waals surface area contributed by atoms with Crippen LogP contribution in [0.15, 0.2) is 22.8 Å². The van der Waals surface area contributed by atoms with E-state index in [1.54, 1.807) is 0 Å². The van der Waals surface area contributed by atoms with Crippen LogP contribution < -0.4 is 4.52 Å². The van der Waals surface area contributed by atoms with Crippen molar-refractivity contribution in [1.29, 1.82) is 0 Å². The molecule has 0 amide bonds. The van der Waals surface area contributed by atoms with Gasteiger partial charge in [0, 0.05) is 6.07 Å². The van der Waals surface area contributed by atoms with E-state index in [4.69, 9.17) is 9.79 Å². The summed E-state index contributed by atoms with van der Waals surface area (Å²) in [7, 11) is -4.45. The second kappa shape index (κ2) is 5.71. The zero-order valence-electron chi connectivity index (χ0n) is 6.01. The van der Waals surface area contributed by atoms with Crippen LogP contribution in [0.2, 0.25) is 0 Å². The molecule has 0 atom stereocenters. The molecule has 4 N–H and O–H groups in total. The number of furan rings is 1. The molecule has 0 aliphatic heterocycles. The summed E-state index contributed by atoms with van der Waals surface area (Å²) < 4.78 is 18.6. The summed E-state index contributed by atoms with van der Waals surface area (Å²) in [6.45, 7) is 0. The van der Waals surface area contributed by atoms with E-state index in [-0.39, 0.29) is 38.7 Å². The van der Waals surface area contributed by atoms with Crippen molar-refractivity contribution in [3.63, 3.8) is 0 Å². The van der Waals surface area contributed by atoms with E-state index in [1.807, 2.05) is 0 Å². The molecule has 70 valence electrons. The number of rotatable bonds is 2. The van der Waals surface area contributed by atoms with E-state index in [0.29, 0.717) is 0 Å². The maximum atomic E-state index is 10.1. The molecule has 1 rings (SSSR count). The molecule has 2 radical (unpaired) electrons. The molecule has 0 aliphatic carbocycles. The van der Waals surface area contributed by atoms with Gasteiger partial charge in [0.05, 0.1) is 6.26 Å². The van der Waals surface area contributed by atoms with Gasteiger partial charge in [-0.15, -0.1) is 0 Å². The predicted molar refractivity (Wildman–Crippen MR) is 43.5 cm³/mol. The van der Waals surface area contributed by atoms with Gasteiger partial charge in [0.1, 0.15) is 0 Å². The molecule has 8 heteroatoms. The fourth-order valence-corrected chi connectivity index (χ4v) is 0.771. The standard InChI is InChI=1S/C4H5O5P.H2O.Pb.2H/c5-10(6,7)9-4-2-1-3-8-4;;;;/h1-3H,(H2,5,6,7);1H2;;;. The Balaban J connectivity index is 0. The van der Waals surface area contributed by atoms with E-state index in [1.165, 1.54) is 18.4 Å². The van der Waals surface area contributed by atoms with E-state index in [2.05, 4.69) is 8.94 Å². The molecule has 0 saturated heterocycles. The molecule has 6 nitrogen and oxygen atoms in total. The molecule has 12 heavy (non-hydrogen) atoms. The van der Waals surface area contributed by atoms with Crippen molar-refractivity contribution in [2.75, 3.05) is 0 Å². The molecule has 0 spiro atoms. The first-order chi connectivity index (χ1) is 4.58. The monoisotopic (exact) mass is 392 g/mol. The van der Waals surface area contributed by atoms with E-state index in [9.17, 15) is 4.57 Å². The molecule has 0 aromatic carbocycles. The van der Waals surface area contributed by atoms with Crippen molar-refractivity contribution in [1.82, 2.24) is 0 Å². The number of hydrogen-bond donors (Lipinski definition) is 2. The van der Waals surface area contributed by atoms with Gasteiger partial charge in [0.25, 0.3) is 5.95 Å². The van der Waals surface area contributed by atoms with Crippen molar-refractivity contribution < 1.29 is 28.8 Å². The molecule has 0 saturated carbocycles. The Morgan fingerprint density at radius 1 is 1.50 bits per heavy atom. The van der Waals surface area contributed by atoms with Crippen LogP contribution >= 0.6 is 7.82 Å². The van der Waals surface area contributed by atoms with Crippen LogP contribution in [0, 0.1) is 0 Å². The van der Waals surface area contributed by atoms with Crippen LogP contribution in [-0.4, -0.2) is 42.6 Å². The average molecular weight is 391 g/mol. The molecular formula is C4H9O6PPb. The first-order valence-electron chi connectivity index (χ1n) is 2.36. The zero-order chi connectivity index (χ0) is 7.61. The minimum absolute atomic E-state index is 0. The maximum absolute atomic E-state index is 10.1. The Morgan fingerprint density at radius 3 is 2.42 bits per heavy atom. The topological polar surface area (TPSA) is 111 Å². The van der Waals surface area contributed by atoms with Gasteiger partial charge in [-0.25, -0.2) is 4.57 Å². The van der Waals surface area contributed by atoms with Crippen molar-refractivity contribution in [2.45, 2.75) is 0 Å². The Hall–Kier alpha value is 0.112. The van der Waals surface area contributed by atoms with Gasteiger partial charge in [-0.3, -0.25) is 9.79 Å². The SMILES string of the molecule is O.O=P(O)(O)Oc1ccco1.[PbH2]. The summed E-state index contributed by atoms with van der Waals surface area (Å²) >= 11 is 0. The Morgan fingerprint density at radius 2 is 2.08 bits per heavy atom. The van der Waals surface area contributed by atoms with Crippen molar-refractivity contribution in [3.8, 4) is 5.95 Å². The number of phosphoric acid groups is 1. The molecular weight excluding hydrogens is 382 g/mol. The summed E-state index contributed by atoms with van der Waals surface area (Å²) in [5, 5.41) is 0. The average Bonchev–Trinajstić information content (AvgIpc) is 2.12. The fourth-order valence-electron chi connectivity index (χ4n) is 0.433. The molecule has 1 aromatic heterocycles. The zero-order valence-corrected chi connectivity index (χ0v) is 12.4. The van der Waals surface area contributed by atoms with E-state index in [0.717, 1.165) is 0 Å². The molecule has 0 aliphatic rings. The third-order valence-electron chi connectivity index (χ3n) is 0.704. The van der Waals surface area contributed by atoms with Gasteiger partial charge in [0.15, 0.2) is 0 Å². The van der Waals surface area contributed by atoms with E-state index < -0.39 is 7.82 Å². The van der Waals surface area contributed by atoms with Gasteiger partial charge in [0.2, 0.25) is 0 Å². The summed E-state index contributed by atoms with van der Waals surface area (Å²) in [4.78, 5) is 16.4. The van der Waals surface area contributed by atoms with Crippen LogP contribution in [0.1, 0.15) is 0 Å². The predicted octanol–water partition coefficient (Wildman–Crippen LogP) is -0.990. The normalized spacial score (nSPS) is 9.50. The Labute approximate surface area is 88.2 Å². The van der Waals surface area contributed by atoms with Crippen molar-refractivity contribution in [2.24, 2.45) is 0 Å². The second-order valence-corrected chi connectivity index (χ2v) is 2.68. The molecule has 0 fully saturated rings. The van der Waals surface area contributed by atoms with Gasteiger partial charge in [-0.05, 0) is 6.07 Å². The van der Waals surface area contributed by atoms with Crippen molar-refractivity contribution in [3.05, 3.63) is 18.4 Å². The van der Waals surface area contributed by atoms with Crippen LogP contribution in [-0.2, 0) is 4.57 Å². The van der Waals surface area contributed by atoms with Gasteiger partial charge in [-0.2, -0.15) is 0 Å². The van der Waals surface area contributed by atoms with Crippen LogP contribution in [0.5, 0.6) is 5.95 Å². The van der Waals surface area contributed by atoms with E-state index >= 15 is 0 Å². The Kier molecular flexibility index (Phi) is 6.95. The summed E-state index contributed by atoms with van der Waals surface area (Å²) in [6.07, 6.45) is 1.25. The Bertz CT molecular complexity index is 240. The fraction of sp³-hybridized carbons (Fsp3) is 0. The molecule has 1 aromatic rings. The van der Waals surface area contributed by atoms with Crippen LogP contribution in [0.4, 0.5) is 0 Å². The summed E-state index contributed by atoms with van der Waals surface area (Å²) in [5.41, 5.74) is 0. The quantitative estimate of drug-likeness (QED) is 0.497. The minimum atomic E-state index is -4.45. The first-order valence-corrected chi connectivity index (χ1v) is 3.89. The number of phosphoric ester groups is 1. The summed E-state index contributed by atoms with van der Waals surface area (Å²) in [6, 6.07) is 2.77. The van der Waals surface area contributed by atoms with Gasteiger partial charge in [-0.1, -0.05) is 0 Å². The second-order valence-electron chi connectivity index (χ2n) is 1.51. The molecule has 1 heterocycles. The molecule has 0 unspecified atom stereocenters. The van der Waals surface area contributed by atoms with Gasteiger partial charge < -0.3 is 14.4 Å². The van der Waals surface area contributed by atoms with Crippen molar-refractivity contribution >= 4 is 35.1 Å². The first kappa shape index (κ1) is 14.6. The van der Waals surface area contributed by atoms with Gasteiger partial charge >= 0.3 is 35.1 Å². The summed E-state index contributed by atoms with van der Waals surface area (Å²) in [5.74, 6) is -0.187. The van der Waals surface area contributed by atoms with Crippen LogP contribution in [0.25, 0.3) is 0 Å².